The second-order valence-corrected chi connectivity index (χ2v) is 8.14. The molecule has 1 aliphatic rings. The fourth-order valence-corrected chi connectivity index (χ4v) is 4.28. The number of nitrogens with one attached hydrogen (secondary N) is 1. The molecule has 0 bridgehead atoms. The Bertz CT molecular complexity index is 930. The molecule has 0 atom stereocenters. The molecule has 0 aliphatic carbocycles. The Kier molecular flexibility index (Phi) is 6.36. The van der Waals surface area contributed by atoms with Crippen LogP contribution in [0.3, 0.4) is 0 Å². The molecular weight excluding hydrogens is 386 g/mol. The van der Waals surface area contributed by atoms with Gasteiger partial charge in [-0.2, -0.15) is 0 Å². The topological polar surface area (TPSA) is 71.5 Å². The van der Waals surface area contributed by atoms with Crippen molar-refractivity contribution in [1.82, 2.24) is 15.4 Å². The lowest BCUT2D eigenvalue weighted by molar-refractivity contribution is 0.0926. The fraction of sp³-hybridized carbons (Fsp3) is 0.364. The van der Waals surface area contributed by atoms with Crippen molar-refractivity contribution in [3.8, 4) is 11.5 Å². The van der Waals surface area contributed by atoms with Crippen LogP contribution in [0.4, 0.5) is 0 Å². The van der Waals surface area contributed by atoms with E-state index in [9.17, 15) is 4.79 Å². The number of likely N-dealkylation sites (tertiary alicyclic amines) is 1. The molecule has 1 aliphatic heterocycles. The molecule has 152 valence electrons. The van der Waals surface area contributed by atoms with Crippen molar-refractivity contribution in [1.29, 1.82) is 0 Å². The van der Waals surface area contributed by atoms with Crippen LogP contribution in [0.15, 0.2) is 62.6 Å². The molecule has 3 aromatic rings. The minimum Gasteiger partial charge on any atom is -0.461 e. The molecule has 4 rings (SSSR count). The van der Waals surface area contributed by atoms with Crippen molar-refractivity contribution in [2.75, 3.05) is 25.9 Å². The van der Waals surface area contributed by atoms with E-state index in [1.807, 2.05) is 0 Å². The van der Waals surface area contributed by atoms with Crippen LogP contribution in [0, 0.1) is 5.92 Å². The number of benzene rings is 1. The predicted octanol–water partition coefficient (Wildman–Crippen LogP) is 4.30. The molecule has 2 aromatic heterocycles. The Labute approximate surface area is 174 Å². The first kappa shape index (κ1) is 19.8. The van der Waals surface area contributed by atoms with E-state index in [0.29, 0.717) is 24.0 Å². The standard InChI is InChI=1S/C22H25N3O3S/c1-29-21-7-3-2-5-17(21)15-25-10-8-16(9-11-25)14-23-22(26)18-13-20(28-24-18)19-6-4-12-27-19/h2-7,12-13,16H,8-11,14-15H2,1H3,(H,23,26). The fourth-order valence-electron chi connectivity index (χ4n) is 3.67. The van der Waals surface area contributed by atoms with E-state index in [-0.39, 0.29) is 11.6 Å². The number of carbonyl (C=O) groups excluding carboxylic acids is 1. The molecule has 1 fully saturated rings. The number of hydrogen-bond donors (Lipinski definition) is 1. The molecule has 0 unspecified atom stereocenters. The van der Waals surface area contributed by atoms with Gasteiger partial charge in [-0.1, -0.05) is 23.4 Å². The van der Waals surface area contributed by atoms with Crippen LogP contribution in [0.25, 0.3) is 11.5 Å². The van der Waals surface area contributed by atoms with Crippen LogP contribution in [0.5, 0.6) is 0 Å². The van der Waals surface area contributed by atoms with E-state index >= 15 is 0 Å². The van der Waals surface area contributed by atoms with Crippen molar-refractivity contribution >= 4 is 17.7 Å². The summed E-state index contributed by atoms with van der Waals surface area (Å²) in [6.45, 7) is 3.76. The second kappa shape index (κ2) is 9.33. The molecule has 1 saturated heterocycles. The first-order valence-corrected chi connectivity index (χ1v) is 11.1. The van der Waals surface area contributed by atoms with Crippen molar-refractivity contribution < 1.29 is 13.7 Å². The predicted molar refractivity (Wildman–Crippen MR) is 113 cm³/mol. The van der Waals surface area contributed by atoms with E-state index < -0.39 is 0 Å². The van der Waals surface area contributed by atoms with Crippen LogP contribution in [-0.2, 0) is 6.54 Å². The highest BCUT2D eigenvalue weighted by Gasteiger charge is 2.21. The van der Waals surface area contributed by atoms with Crippen LogP contribution in [0.2, 0.25) is 0 Å². The Hall–Kier alpha value is -2.51. The molecule has 1 amide bonds. The van der Waals surface area contributed by atoms with Crippen LogP contribution in [-0.4, -0.2) is 41.9 Å². The van der Waals surface area contributed by atoms with Gasteiger partial charge < -0.3 is 14.3 Å². The maximum atomic E-state index is 12.4. The summed E-state index contributed by atoms with van der Waals surface area (Å²) in [6.07, 6.45) is 5.85. The lowest BCUT2D eigenvalue weighted by atomic mass is 9.96. The lowest BCUT2D eigenvalue weighted by Gasteiger charge is -2.32. The minimum absolute atomic E-state index is 0.206. The molecule has 6 nitrogen and oxygen atoms in total. The van der Waals surface area contributed by atoms with Gasteiger partial charge in [0, 0.05) is 24.1 Å². The number of rotatable bonds is 7. The minimum atomic E-state index is -0.206. The summed E-state index contributed by atoms with van der Waals surface area (Å²) in [4.78, 5) is 16.2. The molecule has 0 spiro atoms. The van der Waals surface area contributed by atoms with Crippen LogP contribution < -0.4 is 5.32 Å². The van der Waals surface area contributed by atoms with E-state index in [4.69, 9.17) is 8.94 Å². The second-order valence-electron chi connectivity index (χ2n) is 7.30. The highest BCUT2D eigenvalue weighted by atomic mass is 32.2. The molecule has 29 heavy (non-hydrogen) atoms. The van der Waals surface area contributed by atoms with Crippen molar-refractivity contribution in [3.05, 3.63) is 60.0 Å². The molecule has 1 aromatic carbocycles. The van der Waals surface area contributed by atoms with Gasteiger partial charge in [-0.05, 0) is 61.9 Å². The van der Waals surface area contributed by atoms with Gasteiger partial charge in [0.15, 0.2) is 11.5 Å². The van der Waals surface area contributed by atoms with Crippen molar-refractivity contribution in [2.45, 2.75) is 24.3 Å². The maximum absolute atomic E-state index is 12.4. The zero-order valence-corrected chi connectivity index (χ0v) is 17.3. The van der Waals surface area contributed by atoms with Crippen molar-refractivity contribution in [2.24, 2.45) is 5.92 Å². The van der Waals surface area contributed by atoms with Gasteiger partial charge in [0.05, 0.1) is 6.26 Å². The van der Waals surface area contributed by atoms with Crippen molar-refractivity contribution in [3.63, 3.8) is 0 Å². The third-order valence-electron chi connectivity index (χ3n) is 5.35. The monoisotopic (exact) mass is 411 g/mol. The summed E-state index contributed by atoms with van der Waals surface area (Å²) in [5.41, 5.74) is 1.67. The zero-order valence-electron chi connectivity index (χ0n) is 16.5. The van der Waals surface area contributed by atoms with Gasteiger partial charge in [0.2, 0.25) is 5.76 Å². The summed E-state index contributed by atoms with van der Waals surface area (Å²) in [5, 5.41) is 6.85. The number of nitrogens with zero attached hydrogens (tertiary/aromatic N) is 2. The molecule has 3 heterocycles. The number of hydrogen-bond acceptors (Lipinski definition) is 6. The number of amides is 1. The lowest BCUT2D eigenvalue weighted by Crippen LogP contribution is -2.38. The number of furan rings is 1. The first-order chi connectivity index (χ1) is 14.2. The summed E-state index contributed by atoms with van der Waals surface area (Å²) >= 11 is 1.80. The largest absolute Gasteiger partial charge is 0.461 e. The van der Waals surface area contributed by atoms with E-state index in [2.05, 4.69) is 45.9 Å². The van der Waals surface area contributed by atoms with Gasteiger partial charge in [-0.15, -0.1) is 11.8 Å². The van der Waals surface area contributed by atoms with E-state index in [1.54, 1.807) is 36.2 Å². The molecule has 0 radical (unpaired) electrons. The molecular formula is C22H25N3O3S. The van der Waals surface area contributed by atoms with Gasteiger partial charge in [0.1, 0.15) is 0 Å². The summed E-state index contributed by atoms with van der Waals surface area (Å²) in [5.74, 6) is 1.30. The average molecular weight is 412 g/mol. The number of aromatic nitrogens is 1. The Morgan fingerprint density at radius 3 is 2.79 bits per heavy atom. The van der Waals surface area contributed by atoms with Gasteiger partial charge >= 0.3 is 0 Å². The molecule has 7 heteroatoms. The summed E-state index contributed by atoms with van der Waals surface area (Å²) in [7, 11) is 0. The molecule has 1 N–H and O–H groups in total. The third-order valence-corrected chi connectivity index (χ3v) is 6.19. The van der Waals surface area contributed by atoms with Gasteiger partial charge in [-0.3, -0.25) is 9.69 Å². The number of carbonyl (C=O) groups is 1. The zero-order chi connectivity index (χ0) is 20.1. The SMILES string of the molecule is CSc1ccccc1CN1CCC(CNC(=O)c2cc(-c3ccco3)on2)CC1. The normalized spacial score (nSPS) is 15.5. The maximum Gasteiger partial charge on any atom is 0.273 e. The van der Waals surface area contributed by atoms with Crippen LogP contribution >= 0.6 is 11.8 Å². The number of thioether (sulfide) groups is 1. The highest BCUT2D eigenvalue weighted by molar-refractivity contribution is 7.98. The summed E-state index contributed by atoms with van der Waals surface area (Å²) < 4.78 is 10.5. The Balaban J connectivity index is 1.23. The van der Waals surface area contributed by atoms with Gasteiger partial charge in [-0.25, -0.2) is 0 Å². The quantitative estimate of drug-likeness (QED) is 0.585. The summed E-state index contributed by atoms with van der Waals surface area (Å²) in [6, 6.07) is 13.8. The highest BCUT2D eigenvalue weighted by Crippen LogP contribution is 2.24. The third kappa shape index (κ3) is 4.92. The smallest absolute Gasteiger partial charge is 0.273 e. The van der Waals surface area contributed by atoms with Crippen LogP contribution in [0.1, 0.15) is 28.9 Å². The van der Waals surface area contributed by atoms with E-state index in [0.717, 1.165) is 32.5 Å². The number of piperidine rings is 1. The molecule has 0 saturated carbocycles. The van der Waals surface area contributed by atoms with E-state index in [1.165, 1.54) is 10.5 Å². The average Bonchev–Trinajstić information content (AvgIpc) is 3.45. The Morgan fingerprint density at radius 2 is 2.03 bits per heavy atom. The van der Waals surface area contributed by atoms with Gasteiger partial charge in [0.25, 0.3) is 5.91 Å². The first-order valence-electron chi connectivity index (χ1n) is 9.86. The Morgan fingerprint density at radius 1 is 1.21 bits per heavy atom.